The lowest BCUT2D eigenvalue weighted by Gasteiger charge is -2.17. The Bertz CT molecular complexity index is 412. The van der Waals surface area contributed by atoms with Gasteiger partial charge in [-0.2, -0.15) is 0 Å². The third-order valence-corrected chi connectivity index (χ3v) is 3.09. The first-order chi connectivity index (χ1) is 9.02. The SMILES string of the molecule is C=CCC(C)NCC(O)COc1cc(Cl)ccc1Cl. The third-order valence-electron chi connectivity index (χ3n) is 2.55. The fraction of sp³-hybridized carbons (Fsp3) is 0.429. The van der Waals surface area contributed by atoms with Crippen molar-refractivity contribution in [2.24, 2.45) is 0 Å². The van der Waals surface area contributed by atoms with Gasteiger partial charge >= 0.3 is 0 Å². The van der Waals surface area contributed by atoms with Crippen LogP contribution in [0.15, 0.2) is 30.9 Å². The summed E-state index contributed by atoms with van der Waals surface area (Å²) in [6.07, 6.45) is 2.09. The maximum absolute atomic E-state index is 9.80. The van der Waals surface area contributed by atoms with Crippen LogP contribution in [0.1, 0.15) is 13.3 Å². The average Bonchev–Trinajstić information content (AvgIpc) is 2.38. The summed E-state index contributed by atoms with van der Waals surface area (Å²) in [6, 6.07) is 5.26. The largest absolute Gasteiger partial charge is 0.489 e. The van der Waals surface area contributed by atoms with Crippen LogP contribution < -0.4 is 10.1 Å². The van der Waals surface area contributed by atoms with Crippen LogP contribution in [0.4, 0.5) is 0 Å². The van der Waals surface area contributed by atoms with Gasteiger partial charge in [0, 0.05) is 23.7 Å². The number of nitrogens with one attached hydrogen (secondary N) is 1. The van der Waals surface area contributed by atoms with Crippen LogP contribution in [-0.4, -0.2) is 30.4 Å². The van der Waals surface area contributed by atoms with E-state index in [2.05, 4.69) is 11.9 Å². The molecule has 19 heavy (non-hydrogen) atoms. The predicted molar refractivity (Wildman–Crippen MR) is 80.2 cm³/mol. The van der Waals surface area contributed by atoms with Crippen LogP contribution in [0, 0.1) is 0 Å². The first kappa shape index (κ1) is 16.3. The summed E-state index contributed by atoms with van der Waals surface area (Å²) in [5, 5.41) is 14.0. The van der Waals surface area contributed by atoms with E-state index < -0.39 is 6.10 Å². The van der Waals surface area contributed by atoms with Crippen molar-refractivity contribution in [1.29, 1.82) is 0 Å². The second-order valence-electron chi connectivity index (χ2n) is 4.37. The minimum Gasteiger partial charge on any atom is -0.489 e. The van der Waals surface area contributed by atoms with Crippen molar-refractivity contribution in [3.05, 3.63) is 40.9 Å². The second kappa shape index (κ2) is 8.43. The first-order valence-electron chi connectivity index (χ1n) is 6.13. The minimum absolute atomic E-state index is 0.161. The molecule has 0 amide bonds. The third kappa shape index (κ3) is 6.30. The number of halogens is 2. The molecule has 106 valence electrons. The maximum atomic E-state index is 9.80. The topological polar surface area (TPSA) is 41.5 Å². The van der Waals surface area contributed by atoms with Crippen molar-refractivity contribution in [2.45, 2.75) is 25.5 Å². The van der Waals surface area contributed by atoms with Crippen molar-refractivity contribution >= 4 is 23.2 Å². The fourth-order valence-electron chi connectivity index (χ4n) is 1.50. The van der Waals surface area contributed by atoms with E-state index in [4.69, 9.17) is 27.9 Å². The number of aliphatic hydroxyl groups is 1. The van der Waals surface area contributed by atoms with Crippen LogP contribution in [-0.2, 0) is 0 Å². The summed E-state index contributed by atoms with van der Waals surface area (Å²) in [7, 11) is 0. The van der Waals surface area contributed by atoms with Gasteiger partial charge in [0.25, 0.3) is 0 Å². The molecule has 0 aliphatic carbocycles. The molecule has 1 rings (SSSR count). The van der Waals surface area contributed by atoms with Gasteiger partial charge in [-0.05, 0) is 25.5 Å². The molecule has 0 aliphatic heterocycles. The summed E-state index contributed by atoms with van der Waals surface area (Å²) >= 11 is 11.8. The zero-order valence-electron chi connectivity index (χ0n) is 10.9. The molecule has 2 unspecified atom stereocenters. The molecule has 0 heterocycles. The fourth-order valence-corrected chi connectivity index (χ4v) is 1.84. The Morgan fingerprint density at radius 2 is 2.21 bits per heavy atom. The Balaban J connectivity index is 2.35. The van der Waals surface area contributed by atoms with Crippen molar-refractivity contribution in [1.82, 2.24) is 5.32 Å². The Labute approximate surface area is 124 Å². The number of rotatable bonds is 8. The maximum Gasteiger partial charge on any atom is 0.139 e. The van der Waals surface area contributed by atoms with Crippen LogP contribution in [0.25, 0.3) is 0 Å². The van der Waals surface area contributed by atoms with Gasteiger partial charge in [-0.1, -0.05) is 29.3 Å². The molecule has 0 aliphatic rings. The van der Waals surface area contributed by atoms with Gasteiger partial charge < -0.3 is 15.2 Å². The van der Waals surface area contributed by atoms with Gasteiger partial charge in [0.15, 0.2) is 0 Å². The summed E-state index contributed by atoms with van der Waals surface area (Å²) in [4.78, 5) is 0. The highest BCUT2D eigenvalue weighted by Gasteiger charge is 2.09. The van der Waals surface area contributed by atoms with E-state index in [0.717, 1.165) is 6.42 Å². The van der Waals surface area contributed by atoms with E-state index in [1.54, 1.807) is 18.2 Å². The monoisotopic (exact) mass is 303 g/mol. The van der Waals surface area contributed by atoms with Crippen molar-refractivity contribution in [2.75, 3.05) is 13.2 Å². The Hall–Kier alpha value is -0.740. The molecule has 0 saturated carbocycles. The van der Waals surface area contributed by atoms with Gasteiger partial charge in [-0.25, -0.2) is 0 Å². The highest BCUT2D eigenvalue weighted by atomic mass is 35.5. The average molecular weight is 304 g/mol. The molecule has 5 heteroatoms. The normalized spacial score (nSPS) is 13.9. The summed E-state index contributed by atoms with van der Waals surface area (Å²) in [6.45, 7) is 6.31. The number of hydrogen-bond acceptors (Lipinski definition) is 3. The number of hydrogen-bond donors (Lipinski definition) is 2. The van der Waals surface area contributed by atoms with Crippen LogP contribution in [0.3, 0.4) is 0 Å². The number of ether oxygens (including phenoxy) is 1. The lowest BCUT2D eigenvalue weighted by molar-refractivity contribution is 0.104. The predicted octanol–water partition coefficient (Wildman–Crippen LogP) is 3.29. The lowest BCUT2D eigenvalue weighted by Crippen LogP contribution is -2.36. The summed E-state index contributed by atoms with van der Waals surface area (Å²) < 4.78 is 5.45. The van der Waals surface area contributed by atoms with Crippen LogP contribution in [0.2, 0.25) is 10.0 Å². The molecule has 0 radical (unpaired) electrons. The van der Waals surface area contributed by atoms with Crippen molar-refractivity contribution in [3.8, 4) is 5.75 Å². The molecule has 0 bridgehead atoms. The zero-order chi connectivity index (χ0) is 14.3. The van der Waals surface area contributed by atoms with Crippen LogP contribution >= 0.6 is 23.2 Å². The van der Waals surface area contributed by atoms with Gasteiger partial charge in [-0.3, -0.25) is 0 Å². The Morgan fingerprint density at radius 1 is 1.47 bits per heavy atom. The van der Waals surface area contributed by atoms with Crippen molar-refractivity contribution in [3.63, 3.8) is 0 Å². The molecule has 0 spiro atoms. The van der Waals surface area contributed by atoms with Crippen LogP contribution in [0.5, 0.6) is 5.75 Å². The molecular weight excluding hydrogens is 285 g/mol. The smallest absolute Gasteiger partial charge is 0.139 e. The molecule has 1 aromatic rings. The van der Waals surface area contributed by atoms with E-state index in [0.29, 0.717) is 22.3 Å². The van der Waals surface area contributed by atoms with Gasteiger partial charge in [0.1, 0.15) is 18.5 Å². The molecule has 1 aromatic carbocycles. The molecular formula is C14H19Cl2NO2. The number of aliphatic hydroxyl groups excluding tert-OH is 1. The standard InChI is InChI=1S/C14H19Cl2NO2/c1-3-4-10(2)17-8-12(18)9-19-14-7-11(15)5-6-13(14)16/h3,5-7,10,12,17-18H,1,4,8-9H2,2H3. The molecule has 0 aromatic heterocycles. The van der Waals surface area contributed by atoms with E-state index in [-0.39, 0.29) is 12.6 Å². The molecule has 2 N–H and O–H groups in total. The molecule has 3 nitrogen and oxygen atoms in total. The minimum atomic E-state index is -0.609. The number of benzene rings is 1. The lowest BCUT2D eigenvalue weighted by atomic mass is 10.2. The van der Waals surface area contributed by atoms with E-state index in [9.17, 15) is 5.11 Å². The Morgan fingerprint density at radius 3 is 2.89 bits per heavy atom. The van der Waals surface area contributed by atoms with E-state index >= 15 is 0 Å². The molecule has 2 atom stereocenters. The first-order valence-corrected chi connectivity index (χ1v) is 6.88. The van der Waals surface area contributed by atoms with Crippen molar-refractivity contribution < 1.29 is 9.84 Å². The Kier molecular flexibility index (Phi) is 7.24. The van der Waals surface area contributed by atoms with Gasteiger partial charge in [0.05, 0.1) is 5.02 Å². The van der Waals surface area contributed by atoms with E-state index in [1.165, 1.54) is 0 Å². The van der Waals surface area contributed by atoms with Gasteiger partial charge in [-0.15, -0.1) is 6.58 Å². The quantitative estimate of drug-likeness (QED) is 0.724. The van der Waals surface area contributed by atoms with E-state index in [1.807, 2.05) is 13.0 Å². The van der Waals surface area contributed by atoms with Gasteiger partial charge in [0.2, 0.25) is 0 Å². The molecule has 0 fully saturated rings. The highest BCUT2D eigenvalue weighted by Crippen LogP contribution is 2.27. The summed E-state index contributed by atoms with van der Waals surface area (Å²) in [5.41, 5.74) is 0. The molecule has 0 saturated heterocycles. The highest BCUT2D eigenvalue weighted by molar-refractivity contribution is 6.34. The second-order valence-corrected chi connectivity index (χ2v) is 5.22. The zero-order valence-corrected chi connectivity index (χ0v) is 12.4. The summed E-state index contributed by atoms with van der Waals surface area (Å²) in [5.74, 6) is 0.479.